The van der Waals surface area contributed by atoms with E-state index in [1.165, 1.54) is 24.8 Å². The number of hydrogen-bond donors (Lipinski definition) is 2. The highest BCUT2D eigenvalue weighted by Gasteiger charge is 2.28. The number of nitrogens with zero attached hydrogens (tertiary/aromatic N) is 2. The zero-order valence-corrected chi connectivity index (χ0v) is 15.8. The first kappa shape index (κ1) is 17.5. The number of halogens is 1. The van der Waals surface area contributed by atoms with Crippen LogP contribution in [0.1, 0.15) is 37.8 Å². The summed E-state index contributed by atoms with van der Waals surface area (Å²) in [6.45, 7) is 4.53. The fourth-order valence-electron chi connectivity index (χ4n) is 2.98. The number of likely N-dealkylation sites (tertiary alicyclic amines) is 1. The summed E-state index contributed by atoms with van der Waals surface area (Å²) in [5.41, 5.74) is 1.40. The maximum Gasteiger partial charge on any atom is 0.191 e. The molecule has 1 aromatic carbocycles. The van der Waals surface area contributed by atoms with Crippen LogP contribution in [0.15, 0.2) is 35.3 Å². The van der Waals surface area contributed by atoms with E-state index in [1.54, 1.807) is 0 Å². The zero-order valence-electron chi connectivity index (χ0n) is 13.5. The minimum absolute atomic E-state index is 0. The Hall–Kier alpha value is -0.820. The lowest BCUT2D eigenvalue weighted by Gasteiger charge is -2.25. The van der Waals surface area contributed by atoms with Gasteiger partial charge in [-0.3, -0.25) is 9.89 Å². The minimum atomic E-state index is 0. The molecular formula is C17H27IN4. The van der Waals surface area contributed by atoms with E-state index in [0.717, 1.165) is 19.0 Å². The molecule has 2 aliphatic rings. The van der Waals surface area contributed by atoms with Crippen molar-refractivity contribution in [2.75, 3.05) is 20.1 Å². The first-order chi connectivity index (χ1) is 10.3. The Morgan fingerprint density at radius 1 is 1.14 bits per heavy atom. The number of hydrogen-bond acceptors (Lipinski definition) is 2. The lowest BCUT2D eigenvalue weighted by atomic mass is 10.1. The molecule has 0 radical (unpaired) electrons. The highest BCUT2D eigenvalue weighted by molar-refractivity contribution is 14.0. The van der Waals surface area contributed by atoms with E-state index >= 15 is 0 Å². The van der Waals surface area contributed by atoms with Crippen molar-refractivity contribution in [1.82, 2.24) is 15.5 Å². The molecule has 0 spiro atoms. The van der Waals surface area contributed by atoms with Gasteiger partial charge < -0.3 is 10.6 Å². The van der Waals surface area contributed by atoms with Crippen LogP contribution in [0, 0.1) is 0 Å². The number of nitrogens with one attached hydrogen (secondary N) is 2. The molecule has 2 fully saturated rings. The second kappa shape index (κ2) is 8.15. The van der Waals surface area contributed by atoms with E-state index in [1.807, 2.05) is 7.05 Å². The molecule has 1 aromatic rings. The molecule has 0 bridgehead atoms. The van der Waals surface area contributed by atoms with Crippen LogP contribution in [-0.2, 0) is 0 Å². The van der Waals surface area contributed by atoms with Crippen molar-refractivity contribution in [2.24, 2.45) is 4.99 Å². The number of guanidine groups is 1. The lowest BCUT2D eigenvalue weighted by molar-refractivity contribution is 0.258. The van der Waals surface area contributed by atoms with Gasteiger partial charge in [0.25, 0.3) is 0 Å². The van der Waals surface area contributed by atoms with Crippen LogP contribution < -0.4 is 10.6 Å². The molecule has 2 unspecified atom stereocenters. The normalized spacial score (nSPS) is 23.7. The van der Waals surface area contributed by atoms with E-state index in [-0.39, 0.29) is 24.0 Å². The van der Waals surface area contributed by atoms with E-state index in [2.05, 4.69) is 57.8 Å². The van der Waals surface area contributed by atoms with E-state index in [0.29, 0.717) is 18.1 Å². The SMILES string of the molecule is CN=C(NC1CC1)NC1CCN(C(C)c2ccccc2)C1.I. The molecule has 2 atom stereocenters. The summed E-state index contributed by atoms with van der Waals surface area (Å²) < 4.78 is 0. The highest BCUT2D eigenvalue weighted by Crippen LogP contribution is 2.24. The molecule has 122 valence electrons. The predicted molar refractivity (Wildman–Crippen MR) is 103 cm³/mol. The third-order valence-corrected chi connectivity index (χ3v) is 4.53. The van der Waals surface area contributed by atoms with Crippen LogP contribution in [0.4, 0.5) is 0 Å². The van der Waals surface area contributed by atoms with Gasteiger partial charge in [-0.25, -0.2) is 0 Å². The largest absolute Gasteiger partial charge is 0.354 e. The highest BCUT2D eigenvalue weighted by atomic mass is 127. The summed E-state index contributed by atoms with van der Waals surface area (Å²) >= 11 is 0. The molecule has 2 N–H and O–H groups in total. The molecule has 1 saturated carbocycles. The van der Waals surface area contributed by atoms with E-state index in [9.17, 15) is 0 Å². The summed E-state index contributed by atoms with van der Waals surface area (Å²) in [7, 11) is 1.86. The number of aliphatic imine (C=N–C) groups is 1. The van der Waals surface area contributed by atoms with Crippen LogP contribution >= 0.6 is 24.0 Å². The van der Waals surface area contributed by atoms with E-state index in [4.69, 9.17) is 0 Å². The molecule has 0 amide bonds. The van der Waals surface area contributed by atoms with Crippen molar-refractivity contribution in [1.29, 1.82) is 0 Å². The molecule has 5 heteroatoms. The van der Waals surface area contributed by atoms with Crippen LogP contribution in [0.25, 0.3) is 0 Å². The van der Waals surface area contributed by atoms with Crippen molar-refractivity contribution in [2.45, 2.75) is 44.3 Å². The van der Waals surface area contributed by atoms with Crippen molar-refractivity contribution in [3.05, 3.63) is 35.9 Å². The lowest BCUT2D eigenvalue weighted by Crippen LogP contribution is -2.45. The Balaban J connectivity index is 0.00000176. The monoisotopic (exact) mass is 414 g/mol. The second-order valence-corrected chi connectivity index (χ2v) is 6.20. The smallest absolute Gasteiger partial charge is 0.191 e. The van der Waals surface area contributed by atoms with Crippen LogP contribution in [0.2, 0.25) is 0 Å². The van der Waals surface area contributed by atoms with Crippen LogP contribution in [-0.4, -0.2) is 43.1 Å². The topological polar surface area (TPSA) is 39.7 Å². The van der Waals surface area contributed by atoms with Gasteiger partial charge in [0.15, 0.2) is 5.96 Å². The van der Waals surface area contributed by atoms with Crippen molar-refractivity contribution in [3.63, 3.8) is 0 Å². The van der Waals surface area contributed by atoms with Gasteiger partial charge in [0.2, 0.25) is 0 Å². The van der Waals surface area contributed by atoms with Gasteiger partial charge in [-0.1, -0.05) is 30.3 Å². The molecule has 4 nitrogen and oxygen atoms in total. The minimum Gasteiger partial charge on any atom is -0.354 e. The molecule has 3 rings (SSSR count). The summed E-state index contributed by atoms with van der Waals surface area (Å²) in [6, 6.07) is 12.4. The van der Waals surface area contributed by atoms with Gasteiger partial charge in [0.1, 0.15) is 0 Å². The zero-order chi connectivity index (χ0) is 14.7. The average Bonchev–Trinajstić information content (AvgIpc) is 3.22. The van der Waals surface area contributed by atoms with Gasteiger partial charge >= 0.3 is 0 Å². The Bertz CT molecular complexity index is 487. The summed E-state index contributed by atoms with van der Waals surface area (Å²) in [5.74, 6) is 0.969. The third kappa shape index (κ3) is 4.59. The Morgan fingerprint density at radius 2 is 1.82 bits per heavy atom. The number of benzene rings is 1. The number of rotatable bonds is 4. The quantitative estimate of drug-likeness (QED) is 0.452. The molecule has 1 aliphatic heterocycles. The van der Waals surface area contributed by atoms with Crippen molar-refractivity contribution in [3.8, 4) is 0 Å². The Kier molecular flexibility index (Phi) is 6.50. The van der Waals surface area contributed by atoms with Gasteiger partial charge in [0, 0.05) is 38.3 Å². The predicted octanol–water partition coefficient (Wildman–Crippen LogP) is 2.77. The van der Waals surface area contributed by atoms with Crippen LogP contribution in [0.3, 0.4) is 0 Å². The van der Waals surface area contributed by atoms with Gasteiger partial charge in [-0.05, 0) is 31.7 Å². The molecule has 1 aliphatic carbocycles. The standard InChI is InChI=1S/C17H26N4.HI/c1-13(14-6-4-3-5-7-14)21-11-10-16(12-21)20-17(18-2)19-15-8-9-15;/h3-7,13,15-16H,8-12H2,1-2H3,(H2,18,19,20);1H. The third-order valence-electron chi connectivity index (χ3n) is 4.53. The fraction of sp³-hybridized carbons (Fsp3) is 0.588. The Morgan fingerprint density at radius 3 is 2.45 bits per heavy atom. The molecular weight excluding hydrogens is 387 g/mol. The molecule has 22 heavy (non-hydrogen) atoms. The Labute approximate surface area is 150 Å². The average molecular weight is 414 g/mol. The van der Waals surface area contributed by atoms with Crippen LogP contribution in [0.5, 0.6) is 0 Å². The van der Waals surface area contributed by atoms with Crippen molar-refractivity contribution >= 4 is 29.9 Å². The first-order valence-corrected chi connectivity index (χ1v) is 8.05. The van der Waals surface area contributed by atoms with Crippen molar-refractivity contribution < 1.29 is 0 Å². The molecule has 0 aromatic heterocycles. The van der Waals surface area contributed by atoms with Gasteiger partial charge in [0.05, 0.1) is 0 Å². The maximum absolute atomic E-state index is 4.34. The summed E-state index contributed by atoms with van der Waals surface area (Å²) in [6.07, 6.45) is 3.74. The fourth-order valence-corrected chi connectivity index (χ4v) is 2.98. The second-order valence-electron chi connectivity index (χ2n) is 6.20. The van der Waals surface area contributed by atoms with Gasteiger partial charge in [-0.15, -0.1) is 24.0 Å². The summed E-state index contributed by atoms with van der Waals surface area (Å²) in [5, 5.41) is 7.03. The molecule has 1 saturated heterocycles. The van der Waals surface area contributed by atoms with Gasteiger partial charge in [-0.2, -0.15) is 0 Å². The van der Waals surface area contributed by atoms with E-state index < -0.39 is 0 Å². The maximum atomic E-state index is 4.34. The summed E-state index contributed by atoms with van der Waals surface area (Å²) in [4.78, 5) is 6.89. The first-order valence-electron chi connectivity index (χ1n) is 8.05. The molecule has 1 heterocycles.